The van der Waals surface area contributed by atoms with Crippen LogP contribution in [-0.4, -0.2) is 62.3 Å². The van der Waals surface area contributed by atoms with Gasteiger partial charge in [-0.05, 0) is 12.8 Å². The van der Waals surface area contributed by atoms with E-state index in [0.717, 1.165) is 25.0 Å². The highest BCUT2D eigenvalue weighted by atomic mass is 16.7. The molecule has 0 N–H and O–H groups in total. The smallest absolute Gasteiger partial charge is 0.303 e. The molecule has 0 bridgehead atoms. The van der Waals surface area contributed by atoms with Crippen molar-refractivity contribution in [1.82, 2.24) is 19.5 Å². The molecule has 0 spiro atoms. The van der Waals surface area contributed by atoms with Gasteiger partial charge in [-0.2, -0.15) is 0 Å². The molecule has 3 rings (SSSR count). The summed E-state index contributed by atoms with van der Waals surface area (Å²) in [5, 5.41) is 0. The Hall–Kier alpha value is -3.08. The predicted octanol–water partition coefficient (Wildman–Crippen LogP) is 5.39. The van der Waals surface area contributed by atoms with Gasteiger partial charge < -0.3 is 18.9 Å². The molecule has 11 nitrogen and oxygen atoms in total. The minimum atomic E-state index is -0.996. The Morgan fingerprint density at radius 1 is 0.780 bits per heavy atom. The van der Waals surface area contributed by atoms with Crippen LogP contribution in [0.15, 0.2) is 12.7 Å². The number of hydrogen-bond donors (Lipinski definition) is 0. The van der Waals surface area contributed by atoms with Crippen molar-refractivity contribution in [3.63, 3.8) is 0 Å². The van der Waals surface area contributed by atoms with Crippen molar-refractivity contribution >= 4 is 29.1 Å². The average molecular weight is 575 g/mol. The minimum Gasteiger partial charge on any atom is -0.463 e. The van der Waals surface area contributed by atoms with Gasteiger partial charge in [0.25, 0.3) is 0 Å². The van der Waals surface area contributed by atoms with Crippen LogP contribution in [0, 0.1) is 0 Å². The van der Waals surface area contributed by atoms with Gasteiger partial charge in [-0.1, -0.05) is 77.6 Å². The third kappa shape index (κ3) is 10.1. The molecular weight excluding hydrogens is 528 g/mol. The van der Waals surface area contributed by atoms with Crippen molar-refractivity contribution in [2.24, 2.45) is 0 Å². The fraction of sp³-hybridized carbons (Fsp3) is 0.733. The molecule has 1 fully saturated rings. The van der Waals surface area contributed by atoms with Gasteiger partial charge in [-0.15, -0.1) is 0 Å². The van der Waals surface area contributed by atoms with Crippen LogP contribution in [0.2, 0.25) is 0 Å². The molecule has 3 heterocycles. The van der Waals surface area contributed by atoms with Gasteiger partial charge >= 0.3 is 17.9 Å². The molecule has 41 heavy (non-hydrogen) atoms. The maximum atomic E-state index is 12.0. The van der Waals surface area contributed by atoms with E-state index in [1.165, 1.54) is 91.3 Å². The first kappa shape index (κ1) is 32.4. The second-order valence-corrected chi connectivity index (χ2v) is 10.8. The van der Waals surface area contributed by atoms with Crippen molar-refractivity contribution in [1.29, 1.82) is 0 Å². The van der Waals surface area contributed by atoms with Gasteiger partial charge in [0.1, 0.15) is 24.6 Å². The van der Waals surface area contributed by atoms with Crippen LogP contribution in [0.4, 0.5) is 0 Å². The SMILES string of the molecule is CCCCCCCCCCCCCCc1ncnc2c1ncn2C1OC(COC(C)=O)C(OC(C)=O)C1OC(C)=O. The highest BCUT2D eigenvalue weighted by molar-refractivity contribution is 5.73. The number of carbonyl (C=O) groups is 3. The molecular formula is C30H46N4O7. The number of unbranched alkanes of at least 4 members (excludes halogenated alkanes) is 11. The molecule has 0 aromatic carbocycles. The van der Waals surface area contributed by atoms with E-state index in [0.29, 0.717) is 11.2 Å². The molecule has 4 atom stereocenters. The molecule has 0 saturated carbocycles. The quantitative estimate of drug-likeness (QED) is 0.130. The average Bonchev–Trinajstić information content (AvgIpc) is 3.49. The number of rotatable bonds is 18. The van der Waals surface area contributed by atoms with Crippen molar-refractivity contribution in [2.75, 3.05) is 6.61 Å². The summed E-state index contributed by atoms with van der Waals surface area (Å²) in [5.74, 6) is -1.65. The summed E-state index contributed by atoms with van der Waals surface area (Å²) in [5.41, 5.74) is 2.01. The van der Waals surface area contributed by atoms with Gasteiger partial charge in [-0.25, -0.2) is 15.0 Å². The Labute approximate surface area is 242 Å². The number of fused-ring (bicyclic) bond motifs is 1. The lowest BCUT2D eigenvalue weighted by Gasteiger charge is -2.23. The lowest BCUT2D eigenvalue weighted by atomic mass is 10.0. The fourth-order valence-corrected chi connectivity index (χ4v) is 5.32. The number of hydrogen-bond acceptors (Lipinski definition) is 10. The zero-order valence-electron chi connectivity index (χ0n) is 25.0. The van der Waals surface area contributed by atoms with Crippen LogP contribution in [0.3, 0.4) is 0 Å². The third-order valence-electron chi connectivity index (χ3n) is 7.32. The number of imidazole rings is 1. The van der Waals surface area contributed by atoms with E-state index in [1.54, 1.807) is 10.9 Å². The van der Waals surface area contributed by atoms with Crippen LogP contribution in [-0.2, 0) is 39.8 Å². The van der Waals surface area contributed by atoms with Crippen molar-refractivity contribution in [3.05, 3.63) is 18.3 Å². The molecule has 1 saturated heterocycles. The molecule has 228 valence electrons. The van der Waals surface area contributed by atoms with Crippen LogP contribution in [0.1, 0.15) is 117 Å². The minimum absolute atomic E-state index is 0.173. The van der Waals surface area contributed by atoms with E-state index < -0.39 is 42.4 Å². The molecule has 1 aliphatic heterocycles. The first-order chi connectivity index (χ1) is 19.8. The normalized spacial score (nSPS) is 20.3. The second kappa shape index (κ2) is 17.0. The first-order valence-corrected chi connectivity index (χ1v) is 15.1. The van der Waals surface area contributed by atoms with Gasteiger partial charge in [0, 0.05) is 20.8 Å². The van der Waals surface area contributed by atoms with Crippen LogP contribution in [0.25, 0.3) is 11.2 Å². The number of aromatic nitrogens is 4. The molecule has 11 heteroatoms. The maximum Gasteiger partial charge on any atom is 0.303 e. The van der Waals surface area contributed by atoms with Gasteiger partial charge in [0.15, 0.2) is 24.1 Å². The van der Waals surface area contributed by atoms with E-state index in [1.807, 2.05) is 0 Å². The summed E-state index contributed by atoms with van der Waals surface area (Å²) in [6.07, 6.45) is 15.4. The predicted molar refractivity (Wildman–Crippen MR) is 152 cm³/mol. The van der Waals surface area contributed by atoms with E-state index in [9.17, 15) is 14.4 Å². The van der Waals surface area contributed by atoms with Crippen LogP contribution >= 0.6 is 0 Å². The molecule has 4 unspecified atom stereocenters. The lowest BCUT2D eigenvalue weighted by molar-refractivity contribution is -0.166. The Bertz CT molecular complexity index is 1120. The van der Waals surface area contributed by atoms with Crippen molar-refractivity contribution in [3.8, 4) is 0 Å². The molecule has 1 aliphatic rings. The Morgan fingerprint density at radius 3 is 1.95 bits per heavy atom. The van der Waals surface area contributed by atoms with Gasteiger partial charge in [-0.3, -0.25) is 19.0 Å². The number of carbonyl (C=O) groups excluding carboxylic acids is 3. The summed E-state index contributed by atoms with van der Waals surface area (Å²) < 4.78 is 23.9. The third-order valence-corrected chi connectivity index (χ3v) is 7.32. The molecule has 0 aliphatic carbocycles. The number of esters is 3. The standard InChI is InChI=1S/C30H46N4O7/c1-5-6-7-8-9-10-11-12-13-14-15-16-17-24-26-29(32-19-31-24)34(20-33-26)30-28(40-23(4)37)27(39-22(3)36)25(41-30)18-38-21(2)35/h19-20,25,27-28,30H,5-18H2,1-4H3. The van der Waals surface area contributed by atoms with Crippen LogP contribution < -0.4 is 0 Å². The number of aryl methyl sites for hydroxylation is 1. The highest BCUT2D eigenvalue weighted by Crippen LogP contribution is 2.36. The van der Waals surface area contributed by atoms with E-state index >= 15 is 0 Å². The van der Waals surface area contributed by atoms with Crippen molar-refractivity contribution < 1.29 is 33.3 Å². The Kier molecular flexibility index (Phi) is 13.5. The summed E-state index contributed by atoms with van der Waals surface area (Å²) in [7, 11) is 0. The molecule has 2 aromatic heterocycles. The number of ether oxygens (including phenoxy) is 4. The van der Waals surface area contributed by atoms with E-state index in [-0.39, 0.29) is 6.61 Å². The van der Waals surface area contributed by atoms with E-state index in [2.05, 4.69) is 21.9 Å². The summed E-state index contributed by atoms with van der Waals surface area (Å²) in [6.45, 7) is 5.87. The molecule has 0 amide bonds. The maximum absolute atomic E-state index is 12.0. The first-order valence-electron chi connectivity index (χ1n) is 15.1. The molecule has 2 aromatic rings. The van der Waals surface area contributed by atoms with Gasteiger partial charge in [0.05, 0.1) is 12.0 Å². The highest BCUT2D eigenvalue weighted by Gasteiger charge is 2.51. The van der Waals surface area contributed by atoms with Crippen LogP contribution in [0.5, 0.6) is 0 Å². The van der Waals surface area contributed by atoms with Crippen molar-refractivity contribution in [2.45, 2.75) is 136 Å². The number of nitrogens with zero attached hydrogens (tertiary/aromatic N) is 4. The van der Waals surface area contributed by atoms with Gasteiger partial charge in [0.2, 0.25) is 0 Å². The van der Waals surface area contributed by atoms with E-state index in [4.69, 9.17) is 18.9 Å². The molecule has 0 radical (unpaired) electrons. The summed E-state index contributed by atoms with van der Waals surface area (Å²) in [4.78, 5) is 48.7. The lowest BCUT2D eigenvalue weighted by Crippen LogP contribution is -2.40. The Balaban J connectivity index is 1.60. The largest absolute Gasteiger partial charge is 0.463 e. The Morgan fingerprint density at radius 2 is 1.37 bits per heavy atom. The fourth-order valence-electron chi connectivity index (χ4n) is 5.32. The topological polar surface area (TPSA) is 132 Å². The monoisotopic (exact) mass is 574 g/mol. The second-order valence-electron chi connectivity index (χ2n) is 10.8. The zero-order chi connectivity index (χ0) is 29.6. The summed E-state index contributed by atoms with van der Waals surface area (Å²) in [6, 6.07) is 0. The zero-order valence-corrected chi connectivity index (χ0v) is 25.0. The summed E-state index contributed by atoms with van der Waals surface area (Å²) >= 11 is 0.